The Morgan fingerprint density at radius 1 is 1.30 bits per heavy atom. The summed E-state index contributed by atoms with van der Waals surface area (Å²) < 4.78 is 0.832. The molecule has 122 valence electrons. The summed E-state index contributed by atoms with van der Waals surface area (Å²) in [5.41, 5.74) is 1.77. The second-order valence-corrected chi connectivity index (χ2v) is 7.65. The van der Waals surface area contributed by atoms with Crippen LogP contribution in [0.25, 0.3) is 0 Å². The third-order valence-electron chi connectivity index (χ3n) is 3.88. The van der Waals surface area contributed by atoms with Crippen LogP contribution < -0.4 is 0 Å². The summed E-state index contributed by atoms with van der Waals surface area (Å²) in [5.74, 6) is 0.0603. The van der Waals surface area contributed by atoms with Crippen molar-refractivity contribution >= 4 is 33.2 Å². The van der Waals surface area contributed by atoms with Crippen molar-refractivity contribution < 1.29 is 4.79 Å². The molecule has 0 unspecified atom stereocenters. The monoisotopic (exact) mass is 394 g/mol. The van der Waals surface area contributed by atoms with Gasteiger partial charge >= 0.3 is 0 Å². The lowest BCUT2D eigenvalue weighted by molar-refractivity contribution is 0.0760. The predicted molar refractivity (Wildman–Crippen MR) is 94.6 cm³/mol. The minimum Gasteiger partial charge on any atom is -0.337 e. The van der Waals surface area contributed by atoms with Crippen LogP contribution in [-0.4, -0.2) is 51.9 Å². The van der Waals surface area contributed by atoms with Crippen LogP contribution in [0.4, 0.5) is 0 Å². The van der Waals surface area contributed by atoms with E-state index in [9.17, 15) is 4.79 Å². The van der Waals surface area contributed by atoms with Crippen molar-refractivity contribution in [2.24, 2.45) is 0 Å². The highest BCUT2D eigenvalue weighted by Gasteiger charge is 2.21. The van der Waals surface area contributed by atoms with Gasteiger partial charge in [0.1, 0.15) is 0 Å². The summed E-state index contributed by atoms with van der Waals surface area (Å²) >= 11 is 5.06. The molecule has 2 aromatic rings. The Labute approximate surface area is 148 Å². The van der Waals surface area contributed by atoms with Crippen molar-refractivity contribution in [2.75, 3.05) is 26.2 Å². The van der Waals surface area contributed by atoms with Gasteiger partial charge in [0.2, 0.25) is 0 Å². The highest BCUT2D eigenvalue weighted by molar-refractivity contribution is 9.10. The zero-order chi connectivity index (χ0) is 16.2. The standard InChI is InChI=1S/C16H19BrN4OS/c1-12-19-15(11-23-12)10-20-3-2-4-21(6-5-20)16(22)13-7-14(17)9-18-8-13/h7-9,11H,2-6,10H2,1H3. The Hall–Kier alpha value is -1.31. The number of hydrogen-bond acceptors (Lipinski definition) is 5. The summed E-state index contributed by atoms with van der Waals surface area (Å²) in [7, 11) is 0. The molecule has 1 aliphatic rings. The molecule has 0 saturated carbocycles. The molecule has 0 bridgehead atoms. The molecule has 0 aliphatic carbocycles. The second-order valence-electron chi connectivity index (χ2n) is 5.67. The number of carbonyl (C=O) groups excluding carboxylic acids is 1. The number of amides is 1. The summed E-state index contributed by atoms with van der Waals surface area (Å²) in [4.78, 5) is 25.5. The van der Waals surface area contributed by atoms with Crippen LogP contribution in [0.2, 0.25) is 0 Å². The Morgan fingerprint density at radius 3 is 2.91 bits per heavy atom. The number of nitrogens with zero attached hydrogens (tertiary/aromatic N) is 4. The number of rotatable bonds is 3. The molecule has 0 radical (unpaired) electrons. The number of aromatic nitrogens is 2. The van der Waals surface area contributed by atoms with Gasteiger partial charge in [-0.1, -0.05) is 0 Å². The predicted octanol–water partition coefficient (Wildman–Crippen LogP) is 2.96. The van der Waals surface area contributed by atoms with Crippen LogP contribution in [0.15, 0.2) is 28.3 Å². The number of thiazole rings is 1. The number of halogens is 1. The van der Waals surface area contributed by atoms with Gasteiger partial charge in [-0.3, -0.25) is 14.7 Å². The van der Waals surface area contributed by atoms with Gasteiger partial charge < -0.3 is 4.90 Å². The fourth-order valence-electron chi connectivity index (χ4n) is 2.75. The van der Waals surface area contributed by atoms with Gasteiger partial charge in [-0.25, -0.2) is 4.98 Å². The molecule has 0 N–H and O–H groups in total. The maximum atomic E-state index is 12.6. The summed E-state index contributed by atoms with van der Waals surface area (Å²) in [6.07, 6.45) is 4.31. The first-order valence-corrected chi connectivity index (χ1v) is 9.32. The molecule has 3 rings (SSSR count). The highest BCUT2D eigenvalue weighted by atomic mass is 79.9. The van der Waals surface area contributed by atoms with Crippen molar-refractivity contribution in [1.82, 2.24) is 19.8 Å². The fourth-order valence-corrected chi connectivity index (χ4v) is 3.72. The molecule has 0 atom stereocenters. The maximum absolute atomic E-state index is 12.6. The maximum Gasteiger partial charge on any atom is 0.255 e. The third kappa shape index (κ3) is 4.37. The van der Waals surface area contributed by atoms with E-state index in [1.54, 1.807) is 23.7 Å². The Kier molecular flexibility index (Phi) is 5.40. The third-order valence-corrected chi connectivity index (χ3v) is 5.14. The van der Waals surface area contributed by atoms with Gasteiger partial charge in [0.05, 0.1) is 16.3 Å². The Morgan fingerprint density at radius 2 is 2.17 bits per heavy atom. The lowest BCUT2D eigenvalue weighted by atomic mass is 10.2. The fraction of sp³-hybridized carbons (Fsp3) is 0.438. The van der Waals surface area contributed by atoms with Crippen LogP contribution in [0, 0.1) is 6.92 Å². The minimum atomic E-state index is 0.0603. The molecule has 1 aliphatic heterocycles. The van der Waals surface area contributed by atoms with E-state index in [0.29, 0.717) is 5.56 Å². The van der Waals surface area contributed by atoms with Crippen molar-refractivity contribution in [3.63, 3.8) is 0 Å². The van der Waals surface area contributed by atoms with Crippen LogP contribution in [0.1, 0.15) is 27.5 Å². The summed E-state index contributed by atoms with van der Waals surface area (Å²) in [6.45, 7) is 6.31. The molecule has 1 amide bonds. The topological polar surface area (TPSA) is 49.3 Å². The molecule has 7 heteroatoms. The van der Waals surface area contributed by atoms with Crippen LogP contribution in [0.3, 0.4) is 0 Å². The summed E-state index contributed by atoms with van der Waals surface area (Å²) in [5, 5.41) is 3.23. The highest BCUT2D eigenvalue weighted by Crippen LogP contribution is 2.15. The average molecular weight is 395 g/mol. The van der Waals surface area contributed by atoms with Crippen LogP contribution in [0.5, 0.6) is 0 Å². The van der Waals surface area contributed by atoms with E-state index in [-0.39, 0.29) is 5.91 Å². The van der Waals surface area contributed by atoms with Gasteiger partial charge in [0.25, 0.3) is 5.91 Å². The van der Waals surface area contributed by atoms with Crippen molar-refractivity contribution in [3.8, 4) is 0 Å². The van der Waals surface area contributed by atoms with E-state index in [2.05, 4.69) is 36.2 Å². The average Bonchev–Trinajstić information content (AvgIpc) is 2.80. The molecule has 23 heavy (non-hydrogen) atoms. The molecular weight excluding hydrogens is 376 g/mol. The zero-order valence-electron chi connectivity index (χ0n) is 13.0. The SMILES string of the molecule is Cc1nc(CN2CCCN(C(=O)c3cncc(Br)c3)CC2)cs1. The van der Waals surface area contributed by atoms with E-state index >= 15 is 0 Å². The Balaban J connectivity index is 1.60. The van der Waals surface area contributed by atoms with Crippen molar-refractivity contribution in [2.45, 2.75) is 19.9 Å². The molecule has 1 fully saturated rings. The molecule has 0 spiro atoms. The second kappa shape index (κ2) is 7.51. The first-order valence-electron chi connectivity index (χ1n) is 7.65. The number of aryl methyl sites for hydroxylation is 1. The molecule has 1 saturated heterocycles. The van der Waals surface area contributed by atoms with Gasteiger partial charge in [0, 0.05) is 55.0 Å². The van der Waals surface area contributed by atoms with E-state index in [1.807, 2.05) is 17.9 Å². The molecular formula is C16H19BrN4OS. The van der Waals surface area contributed by atoms with Crippen LogP contribution in [-0.2, 0) is 6.54 Å². The van der Waals surface area contributed by atoms with Crippen molar-refractivity contribution in [1.29, 1.82) is 0 Å². The van der Waals surface area contributed by atoms with Crippen LogP contribution >= 0.6 is 27.3 Å². The zero-order valence-corrected chi connectivity index (χ0v) is 15.4. The minimum absolute atomic E-state index is 0.0603. The quantitative estimate of drug-likeness (QED) is 0.802. The smallest absolute Gasteiger partial charge is 0.255 e. The van der Waals surface area contributed by atoms with Crippen molar-refractivity contribution in [3.05, 3.63) is 44.6 Å². The Bertz CT molecular complexity index is 690. The largest absolute Gasteiger partial charge is 0.337 e. The van der Waals surface area contributed by atoms with E-state index < -0.39 is 0 Å². The molecule has 2 aromatic heterocycles. The molecule has 3 heterocycles. The normalized spacial score (nSPS) is 16.3. The molecule has 0 aromatic carbocycles. The van der Waals surface area contributed by atoms with Gasteiger partial charge in [-0.2, -0.15) is 0 Å². The van der Waals surface area contributed by atoms with Gasteiger partial charge in [-0.15, -0.1) is 11.3 Å². The lowest BCUT2D eigenvalue weighted by Crippen LogP contribution is -2.35. The molecule has 5 nitrogen and oxygen atoms in total. The number of carbonyl (C=O) groups is 1. The van der Waals surface area contributed by atoms with Gasteiger partial charge in [0.15, 0.2) is 0 Å². The lowest BCUT2D eigenvalue weighted by Gasteiger charge is -2.21. The van der Waals surface area contributed by atoms with Gasteiger partial charge in [-0.05, 0) is 35.3 Å². The number of pyridine rings is 1. The van der Waals surface area contributed by atoms with E-state index in [0.717, 1.165) is 54.3 Å². The summed E-state index contributed by atoms with van der Waals surface area (Å²) in [6, 6.07) is 1.83. The van der Waals surface area contributed by atoms with E-state index in [4.69, 9.17) is 0 Å². The first kappa shape index (κ1) is 16.5. The first-order chi connectivity index (χ1) is 11.1. The number of hydrogen-bond donors (Lipinski definition) is 0. The van der Waals surface area contributed by atoms with E-state index in [1.165, 1.54) is 0 Å².